The molecule has 148 valence electrons. The molecule has 1 aromatic heterocycles. The Kier molecular flexibility index (Phi) is 6.42. The van der Waals surface area contributed by atoms with Gasteiger partial charge < -0.3 is 14.8 Å². The molecule has 2 N–H and O–H groups in total. The van der Waals surface area contributed by atoms with Gasteiger partial charge in [0.2, 0.25) is 11.8 Å². The van der Waals surface area contributed by atoms with E-state index in [-0.39, 0.29) is 17.3 Å². The third kappa shape index (κ3) is 6.17. The van der Waals surface area contributed by atoms with Crippen LogP contribution < -0.4 is 5.32 Å². The van der Waals surface area contributed by atoms with Gasteiger partial charge in [0.1, 0.15) is 0 Å². The third-order valence-corrected chi connectivity index (χ3v) is 4.40. The zero-order valence-electron chi connectivity index (χ0n) is 17.2. The predicted molar refractivity (Wildman–Crippen MR) is 106 cm³/mol. The van der Waals surface area contributed by atoms with Gasteiger partial charge in [-0.3, -0.25) is 4.79 Å². The van der Waals surface area contributed by atoms with E-state index < -0.39 is 5.97 Å². The first-order valence-corrected chi connectivity index (χ1v) is 9.38. The van der Waals surface area contributed by atoms with E-state index in [1.807, 2.05) is 0 Å². The van der Waals surface area contributed by atoms with E-state index in [2.05, 4.69) is 75.3 Å². The molecular weight excluding hydrogens is 342 g/mol. The Hall–Kier alpha value is -2.21. The first-order chi connectivity index (χ1) is 12.5. The zero-order valence-corrected chi connectivity index (χ0v) is 17.2. The fourth-order valence-corrected chi connectivity index (χ4v) is 2.62. The summed E-state index contributed by atoms with van der Waals surface area (Å²) in [4.78, 5) is 10.5. The highest BCUT2D eigenvalue weighted by molar-refractivity contribution is 5.66. The molecule has 0 radical (unpaired) electrons. The van der Waals surface area contributed by atoms with Crippen molar-refractivity contribution in [1.29, 1.82) is 0 Å². The van der Waals surface area contributed by atoms with Crippen LogP contribution in [0.4, 0.5) is 0 Å². The van der Waals surface area contributed by atoms with E-state index in [4.69, 9.17) is 9.52 Å². The maximum atomic E-state index is 10.5. The average molecular weight is 373 g/mol. The van der Waals surface area contributed by atoms with Gasteiger partial charge in [0.15, 0.2) is 0 Å². The molecular formula is C21H31N3O3. The number of hydrogen-bond donors (Lipinski definition) is 2. The second-order valence-electron chi connectivity index (χ2n) is 8.97. The van der Waals surface area contributed by atoms with Gasteiger partial charge in [0.05, 0.1) is 6.54 Å². The van der Waals surface area contributed by atoms with Crippen molar-refractivity contribution in [1.82, 2.24) is 15.5 Å². The fourth-order valence-electron chi connectivity index (χ4n) is 2.62. The van der Waals surface area contributed by atoms with Crippen LogP contribution in [-0.4, -0.2) is 27.8 Å². The average Bonchev–Trinajstić information content (AvgIpc) is 3.01. The van der Waals surface area contributed by atoms with Crippen molar-refractivity contribution in [3.8, 4) is 11.5 Å². The van der Waals surface area contributed by atoms with Crippen molar-refractivity contribution >= 4 is 5.97 Å². The maximum Gasteiger partial charge on any atom is 0.303 e. The molecule has 0 fully saturated rings. The number of nitrogens with one attached hydrogen (secondary N) is 1. The number of hydrogen-bond acceptors (Lipinski definition) is 5. The smallest absolute Gasteiger partial charge is 0.303 e. The summed E-state index contributed by atoms with van der Waals surface area (Å²) in [5, 5.41) is 20.1. The van der Waals surface area contributed by atoms with Crippen LogP contribution in [0.3, 0.4) is 0 Å². The molecule has 0 aliphatic heterocycles. The second-order valence-corrected chi connectivity index (χ2v) is 8.97. The molecule has 0 amide bonds. The van der Waals surface area contributed by atoms with Gasteiger partial charge in [-0.1, -0.05) is 47.6 Å². The van der Waals surface area contributed by atoms with Gasteiger partial charge in [-0.05, 0) is 47.1 Å². The Morgan fingerprint density at radius 1 is 1.04 bits per heavy atom. The van der Waals surface area contributed by atoms with E-state index in [0.717, 1.165) is 5.56 Å². The van der Waals surface area contributed by atoms with Gasteiger partial charge in [-0.25, -0.2) is 0 Å². The molecule has 0 atom stereocenters. The lowest BCUT2D eigenvalue weighted by molar-refractivity contribution is -0.137. The summed E-state index contributed by atoms with van der Waals surface area (Å²) in [6.07, 6.45) is 0.718. The molecule has 1 heterocycles. The van der Waals surface area contributed by atoms with Gasteiger partial charge in [-0.15, -0.1) is 10.2 Å². The van der Waals surface area contributed by atoms with Gasteiger partial charge in [0, 0.05) is 12.0 Å². The summed E-state index contributed by atoms with van der Waals surface area (Å²) in [6, 6.07) is 6.49. The molecule has 2 rings (SSSR count). The first kappa shape index (κ1) is 21.1. The summed E-state index contributed by atoms with van der Waals surface area (Å²) in [7, 11) is 0. The van der Waals surface area contributed by atoms with Crippen molar-refractivity contribution in [2.24, 2.45) is 0 Å². The first-order valence-electron chi connectivity index (χ1n) is 9.38. The number of rotatable bonds is 7. The normalized spacial score (nSPS) is 12.4. The lowest BCUT2D eigenvalue weighted by atomic mass is 9.79. The molecule has 27 heavy (non-hydrogen) atoms. The van der Waals surface area contributed by atoms with Crippen molar-refractivity contribution in [2.45, 2.75) is 71.8 Å². The number of benzene rings is 1. The van der Waals surface area contributed by atoms with Crippen LogP contribution in [-0.2, 0) is 22.2 Å². The largest absolute Gasteiger partial charge is 0.481 e. The Bertz CT molecular complexity index is 750. The highest BCUT2D eigenvalue weighted by Crippen LogP contribution is 2.33. The minimum atomic E-state index is -0.787. The van der Waals surface area contributed by atoms with Crippen LogP contribution in [0.5, 0.6) is 0 Å². The van der Waals surface area contributed by atoms with E-state index in [9.17, 15) is 4.79 Å². The quantitative estimate of drug-likeness (QED) is 0.704. The SMILES string of the molecule is CC(C)(C)c1cc(-c2nnc(CNCCCC(=O)O)o2)cc(C(C)(C)C)c1. The zero-order chi connectivity index (χ0) is 20.2. The monoisotopic (exact) mass is 373 g/mol. The Labute approximate surface area is 161 Å². The molecule has 2 aromatic rings. The number of aromatic nitrogens is 2. The minimum Gasteiger partial charge on any atom is -0.481 e. The topological polar surface area (TPSA) is 88.2 Å². The van der Waals surface area contributed by atoms with Crippen LogP contribution in [0.2, 0.25) is 0 Å². The van der Waals surface area contributed by atoms with Gasteiger partial charge in [-0.2, -0.15) is 0 Å². The summed E-state index contributed by atoms with van der Waals surface area (Å²) in [5.41, 5.74) is 3.43. The molecule has 6 heteroatoms. The van der Waals surface area contributed by atoms with E-state index >= 15 is 0 Å². The van der Waals surface area contributed by atoms with Crippen molar-refractivity contribution < 1.29 is 14.3 Å². The Morgan fingerprint density at radius 2 is 1.63 bits per heavy atom. The van der Waals surface area contributed by atoms with Crippen LogP contribution in [0.25, 0.3) is 11.5 Å². The standard InChI is InChI=1S/C21H31N3O3/c1-20(2,3)15-10-14(11-16(12-15)21(4,5)6)19-24-23-17(27-19)13-22-9-7-8-18(25)26/h10-12,22H,7-9,13H2,1-6H3,(H,25,26). The maximum absolute atomic E-state index is 10.5. The number of carboxylic acids is 1. The molecule has 0 aliphatic carbocycles. The highest BCUT2D eigenvalue weighted by atomic mass is 16.4. The summed E-state index contributed by atoms with van der Waals surface area (Å²) >= 11 is 0. The lowest BCUT2D eigenvalue weighted by Crippen LogP contribution is -2.16. The van der Waals surface area contributed by atoms with E-state index in [1.165, 1.54) is 11.1 Å². The van der Waals surface area contributed by atoms with Crippen molar-refractivity contribution in [2.75, 3.05) is 6.54 Å². The van der Waals surface area contributed by atoms with E-state index in [0.29, 0.717) is 31.3 Å². The Morgan fingerprint density at radius 3 is 2.15 bits per heavy atom. The molecule has 6 nitrogen and oxygen atoms in total. The lowest BCUT2D eigenvalue weighted by Gasteiger charge is -2.25. The van der Waals surface area contributed by atoms with Gasteiger partial charge in [0.25, 0.3) is 0 Å². The van der Waals surface area contributed by atoms with Crippen molar-refractivity contribution in [3.05, 3.63) is 35.2 Å². The molecule has 0 aliphatic rings. The summed E-state index contributed by atoms with van der Waals surface area (Å²) in [6.45, 7) is 14.2. The molecule has 0 saturated carbocycles. The third-order valence-electron chi connectivity index (χ3n) is 4.40. The number of aliphatic carboxylic acids is 1. The number of carbonyl (C=O) groups is 1. The molecule has 0 saturated heterocycles. The van der Waals surface area contributed by atoms with Crippen LogP contribution in [0.15, 0.2) is 22.6 Å². The molecule has 1 aromatic carbocycles. The van der Waals surface area contributed by atoms with Crippen LogP contribution >= 0.6 is 0 Å². The molecule has 0 unspecified atom stereocenters. The summed E-state index contributed by atoms with van der Waals surface area (Å²) < 4.78 is 5.83. The number of nitrogens with zero attached hydrogens (tertiary/aromatic N) is 2. The predicted octanol–water partition coefficient (Wildman–Crippen LogP) is 4.29. The van der Waals surface area contributed by atoms with Crippen molar-refractivity contribution in [3.63, 3.8) is 0 Å². The minimum absolute atomic E-state index is 0.0184. The second kappa shape index (κ2) is 8.21. The Balaban J connectivity index is 2.18. The van der Waals surface area contributed by atoms with E-state index in [1.54, 1.807) is 0 Å². The van der Waals surface area contributed by atoms with Crippen LogP contribution in [0.1, 0.15) is 71.4 Å². The molecule has 0 bridgehead atoms. The highest BCUT2D eigenvalue weighted by Gasteiger charge is 2.22. The van der Waals surface area contributed by atoms with Gasteiger partial charge >= 0.3 is 5.97 Å². The van der Waals surface area contributed by atoms with Crippen LogP contribution in [0, 0.1) is 0 Å². The number of carboxylic acid groups (broad SMARTS) is 1. The summed E-state index contributed by atoms with van der Waals surface area (Å²) in [5.74, 6) is 0.220. The fraction of sp³-hybridized carbons (Fsp3) is 0.571. The molecule has 0 spiro atoms.